The van der Waals surface area contributed by atoms with E-state index in [2.05, 4.69) is 39.4 Å². The molecule has 2 heterocycles. The summed E-state index contributed by atoms with van der Waals surface area (Å²) in [6, 6.07) is 2.06. The van der Waals surface area contributed by atoms with Crippen LogP contribution in [0.2, 0.25) is 0 Å². The smallest absolute Gasteiger partial charge is 0.409 e. The zero-order chi connectivity index (χ0) is 31.3. The van der Waals surface area contributed by atoms with Gasteiger partial charge in [0.25, 0.3) is 0 Å². The van der Waals surface area contributed by atoms with E-state index in [9.17, 15) is 18.4 Å². The fourth-order valence-electron chi connectivity index (χ4n) is 4.14. The third kappa shape index (κ3) is 10.6. The molecule has 8 heteroatoms. The van der Waals surface area contributed by atoms with Gasteiger partial charge < -0.3 is 9.64 Å². The maximum atomic E-state index is 14.6. The maximum Gasteiger partial charge on any atom is 0.409 e. The maximum absolute atomic E-state index is 14.6. The van der Waals surface area contributed by atoms with Crippen LogP contribution in [-0.4, -0.2) is 46.3 Å². The van der Waals surface area contributed by atoms with E-state index in [1.807, 2.05) is 25.5 Å². The number of allylic oxidation sites excluding steroid dienone is 1. The van der Waals surface area contributed by atoms with E-state index in [0.29, 0.717) is 31.2 Å². The van der Waals surface area contributed by atoms with Gasteiger partial charge >= 0.3 is 6.09 Å². The topological polar surface area (TPSA) is 64.4 Å². The van der Waals surface area contributed by atoms with Crippen LogP contribution in [0.4, 0.5) is 13.6 Å². The summed E-state index contributed by atoms with van der Waals surface area (Å²) in [6.45, 7) is 23.0. The van der Waals surface area contributed by atoms with Gasteiger partial charge in [-0.2, -0.15) is 5.10 Å². The Labute approximate surface area is 245 Å². The van der Waals surface area contributed by atoms with E-state index in [0.717, 1.165) is 48.6 Å². The second kappa shape index (κ2) is 17.5. The van der Waals surface area contributed by atoms with Crippen LogP contribution in [0.1, 0.15) is 115 Å². The van der Waals surface area contributed by atoms with Gasteiger partial charge in [0.05, 0.1) is 30.1 Å². The van der Waals surface area contributed by atoms with Crippen LogP contribution in [-0.2, 0) is 4.74 Å². The van der Waals surface area contributed by atoms with Crippen LogP contribution in [0, 0.1) is 23.5 Å². The summed E-state index contributed by atoms with van der Waals surface area (Å²) in [5.41, 5.74) is 1.80. The quantitative estimate of drug-likeness (QED) is 0.296. The van der Waals surface area contributed by atoms with Crippen LogP contribution in [0.3, 0.4) is 0 Å². The van der Waals surface area contributed by atoms with Crippen LogP contribution in [0.5, 0.6) is 0 Å². The number of halogens is 2. The summed E-state index contributed by atoms with van der Waals surface area (Å²) in [5, 5.41) is 4.53. The zero-order valence-corrected chi connectivity index (χ0v) is 26.4. The highest BCUT2D eigenvalue weighted by molar-refractivity contribution is 5.95. The van der Waals surface area contributed by atoms with Crippen molar-refractivity contribution in [2.75, 3.05) is 19.7 Å². The lowest BCUT2D eigenvalue weighted by Crippen LogP contribution is -2.40. The normalized spacial score (nSPS) is 14.4. The molecule has 1 aliphatic rings. The van der Waals surface area contributed by atoms with Crippen molar-refractivity contribution in [1.29, 1.82) is 0 Å². The zero-order valence-electron chi connectivity index (χ0n) is 26.4. The van der Waals surface area contributed by atoms with Gasteiger partial charge in [0.1, 0.15) is 11.6 Å². The Bertz CT molecular complexity index is 1180. The highest BCUT2D eigenvalue weighted by Crippen LogP contribution is 2.29. The molecule has 1 fully saturated rings. The highest BCUT2D eigenvalue weighted by Gasteiger charge is 2.27. The molecule has 1 aliphatic heterocycles. The Balaban J connectivity index is 0.00000129. The van der Waals surface area contributed by atoms with Gasteiger partial charge in [-0.25, -0.2) is 13.6 Å². The number of likely N-dealkylation sites (tertiary alicyclic amines) is 1. The summed E-state index contributed by atoms with van der Waals surface area (Å²) < 4.78 is 36.2. The first-order valence-corrected chi connectivity index (χ1v) is 14.7. The molecule has 1 amide bonds. The summed E-state index contributed by atoms with van der Waals surface area (Å²) >= 11 is 0. The number of ether oxygens (including phenoxy) is 1. The highest BCUT2D eigenvalue weighted by atomic mass is 19.1. The molecule has 1 atom stereocenters. The summed E-state index contributed by atoms with van der Waals surface area (Å²) in [7, 11) is 0. The minimum atomic E-state index is -0.754. The fraction of sp³-hybridized carbons (Fsp3) is 0.545. The van der Waals surface area contributed by atoms with E-state index < -0.39 is 17.4 Å². The Morgan fingerprint density at radius 2 is 1.61 bits per heavy atom. The molecule has 2 aromatic rings. The minimum Gasteiger partial charge on any atom is -0.449 e. The number of carbonyl (C=O) groups excluding carboxylic acids is 2. The monoisotopic (exact) mass is 573 g/mol. The van der Waals surface area contributed by atoms with E-state index in [1.165, 1.54) is 6.92 Å². The van der Waals surface area contributed by atoms with Crippen molar-refractivity contribution in [3.8, 4) is 0 Å². The van der Waals surface area contributed by atoms with Crippen LogP contribution >= 0.6 is 0 Å². The van der Waals surface area contributed by atoms with Crippen molar-refractivity contribution in [3.63, 3.8) is 0 Å². The third-order valence-corrected chi connectivity index (χ3v) is 6.55. The van der Waals surface area contributed by atoms with E-state index >= 15 is 0 Å². The molecule has 0 bridgehead atoms. The Morgan fingerprint density at radius 3 is 2.12 bits per heavy atom. The predicted octanol–water partition coefficient (Wildman–Crippen LogP) is 9.08. The van der Waals surface area contributed by atoms with Crippen LogP contribution in [0.25, 0.3) is 17.7 Å². The molecule has 6 nitrogen and oxygen atoms in total. The number of amides is 1. The first-order chi connectivity index (χ1) is 19.4. The average Bonchev–Trinajstić information content (AvgIpc) is 3.35. The number of carbonyl (C=O) groups is 2. The number of hydrogen-bond acceptors (Lipinski definition) is 4. The molecule has 0 spiro atoms. The molecule has 228 valence electrons. The van der Waals surface area contributed by atoms with Crippen molar-refractivity contribution >= 4 is 29.6 Å². The van der Waals surface area contributed by atoms with E-state index in [4.69, 9.17) is 4.74 Å². The van der Waals surface area contributed by atoms with Gasteiger partial charge in [-0.1, -0.05) is 61.5 Å². The van der Waals surface area contributed by atoms with Crippen molar-refractivity contribution in [1.82, 2.24) is 14.7 Å². The standard InChI is InChI=1S/C27H33F2N3O3.C4H10.C2H6/c1-6-17(3)16-35-27(34)31-10-8-21(9-11-31)32-26(7-2)20(15-30-32)12-18(4)22-13-25(29)23(19(5)33)14-24(22)28;1-4(2)3;1-2/h7,12-15,17,21H,2,6,8-11,16H2,1,3-5H3;4H,1-3H3;1-2H3/b18-12+;;. The van der Waals surface area contributed by atoms with E-state index in [-0.39, 0.29) is 23.3 Å². The molecule has 0 radical (unpaired) electrons. The molecule has 41 heavy (non-hydrogen) atoms. The average molecular weight is 574 g/mol. The van der Waals surface area contributed by atoms with Gasteiger partial charge in [-0.05, 0) is 68.4 Å². The van der Waals surface area contributed by atoms with Crippen LogP contribution < -0.4 is 0 Å². The molecular formula is C33H49F2N3O3. The number of rotatable bonds is 8. The first-order valence-electron chi connectivity index (χ1n) is 14.7. The summed E-state index contributed by atoms with van der Waals surface area (Å²) in [4.78, 5) is 25.5. The molecule has 0 aliphatic carbocycles. The molecule has 1 aromatic heterocycles. The Hall–Kier alpha value is -3.29. The number of ketones is 1. The van der Waals surface area contributed by atoms with E-state index in [1.54, 1.807) is 30.2 Å². The summed E-state index contributed by atoms with van der Waals surface area (Å²) in [6.07, 6.45) is 7.20. The molecule has 1 unspecified atom stereocenters. The van der Waals surface area contributed by atoms with Gasteiger partial charge in [0.2, 0.25) is 0 Å². The van der Waals surface area contributed by atoms with Crippen molar-refractivity contribution in [2.45, 2.75) is 87.6 Å². The second-order valence-corrected chi connectivity index (χ2v) is 10.9. The molecule has 0 saturated carbocycles. The Kier molecular flexibility index (Phi) is 15.3. The second-order valence-electron chi connectivity index (χ2n) is 10.9. The minimum absolute atomic E-state index is 0.0769. The van der Waals surface area contributed by atoms with Gasteiger partial charge in [0.15, 0.2) is 5.78 Å². The number of benzene rings is 1. The molecule has 1 aromatic carbocycles. The SMILES string of the molecule is C=Cc1c(/C=C(\C)c2cc(F)c(C(C)=O)cc2F)cnn1C1CCN(C(=O)OCC(C)CC)CC1.CC.CC(C)C. The third-order valence-electron chi connectivity index (χ3n) is 6.55. The number of nitrogens with zero attached hydrogens (tertiary/aromatic N) is 3. The number of piperidine rings is 1. The number of Topliss-reactive ketones (excluding diaryl/α,β-unsaturated/α-hetero) is 1. The van der Waals surface area contributed by atoms with Gasteiger partial charge in [-0.3, -0.25) is 9.48 Å². The largest absolute Gasteiger partial charge is 0.449 e. The predicted molar refractivity (Wildman–Crippen MR) is 165 cm³/mol. The van der Waals surface area contributed by atoms with Crippen molar-refractivity contribution in [2.24, 2.45) is 11.8 Å². The Morgan fingerprint density at radius 1 is 1.07 bits per heavy atom. The number of aromatic nitrogens is 2. The van der Waals surface area contributed by atoms with Gasteiger partial charge in [-0.15, -0.1) is 0 Å². The molecular weight excluding hydrogens is 524 g/mol. The molecule has 1 saturated heterocycles. The van der Waals surface area contributed by atoms with Crippen molar-refractivity contribution in [3.05, 3.63) is 58.9 Å². The number of hydrogen-bond donors (Lipinski definition) is 0. The summed E-state index contributed by atoms with van der Waals surface area (Å²) in [5.74, 6) is -0.775. The first kappa shape index (κ1) is 35.7. The lowest BCUT2D eigenvalue weighted by molar-refractivity contribution is 0.0765. The molecule has 0 N–H and O–H groups in total. The van der Waals surface area contributed by atoms with Crippen molar-refractivity contribution < 1.29 is 23.1 Å². The van der Waals surface area contributed by atoms with Crippen LogP contribution in [0.15, 0.2) is 24.9 Å². The lowest BCUT2D eigenvalue weighted by atomic mass is 10.00. The lowest BCUT2D eigenvalue weighted by Gasteiger charge is -2.32. The fourth-order valence-corrected chi connectivity index (χ4v) is 4.14. The van der Waals surface area contributed by atoms with Gasteiger partial charge in [0, 0.05) is 24.2 Å². The molecule has 3 rings (SSSR count).